The summed E-state index contributed by atoms with van der Waals surface area (Å²) < 4.78 is 39.1. The molecular weight excluding hydrogens is 512 g/mol. The third-order valence-corrected chi connectivity index (χ3v) is 5.60. The molecule has 0 aliphatic carbocycles. The van der Waals surface area contributed by atoms with Gasteiger partial charge in [0.05, 0.1) is 20.3 Å². The number of rotatable bonds is 11. The fraction of sp³-hybridized carbons (Fsp3) is 0.481. The van der Waals surface area contributed by atoms with E-state index in [1.807, 2.05) is 37.3 Å². The van der Waals surface area contributed by atoms with Gasteiger partial charge in [0.2, 0.25) is 6.79 Å². The summed E-state index contributed by atoms with van der Waals surface area (Å²) in [5, 5.41) is 2.59. The van der Waals surface area contributed by atoms with Gasteiger partial charge in [0.25, 0.3) is 5.91 Å². The summed E-state index contributed by atoms with van der Waals surface area (Å²) >= 11 is 0. The zero-order chi connectivity index (χ0) is 28.2. The first-order chi connectivity index (χ1) is 18.8. The molecule has 1 aromatic heterocycles. The van der Waals surface area contributed by atoms with Crippen molar-refractivity contribution in [2.45, 2.75) is 51.5 Å². The van der Waals surface area contributed by atoms with Crippen molar-refractivity contribution in [1.29, 1.82) is 0 Å². The summed E-state index contributed by atoms with van der Waals surface area (Å²) in [5.41, 5.74) is -0.184. The Hall–Kier alpha value is -3.90. The van der Waals surface area contributed by atoms with Crippen LogP contribution in [0.15, 0.2) is 42.6 Å². The molecule has 1 N–H and O–H groups in total. The fourth-order valence-electron chi connectivity index (χ4n) is 3.76. The molecule has 12 nitrogen and oxygen atoms in total. The van der Waals surface area contributed by atoms with Gasteiger partial charge >= 0.3 is 11.9 Å². The number of hydrogen-bond acceptors (Lipinski definition) is 11. The highest BCUT2D eigenvalue weighted by molar-refractivity contribution is 5.98. The molecule has 1 aliphatic heterocycles. The predicted molar refractivity (Wildman–Crippen MR) is 137 cm³/mol. The highest BCUT2D eigenvalue weighted by Gasteiger charge is 2.37. The Morgan fingerprint density at radius 3 is 2.62 bits per heavy atom. The number of nitrogens with zero attached hydrogens (tertiary/aromatic N) is 1. The smallest absolute Gasteiger partial charge is 0.331 e. The van der Waals surface area contributed by atoms with Crippen LogP contribution < -0.4 is 19.5 Å². The van der Waals surface area contributed by atoms with Crippen molar-refractivity contribution in [2.24, 2.45) is 0 Å². The number of benzene rings is 1. The molecule has 1 aromatic carbocycles. The standard InChI is InChI=1S/C27H34N2O10/c1-5-13-35-24-17(2)38-27(32)20(14-34-15-22(24)39-19-9-7-6-8-10-19)29-26(31)23-25(37-16-36-18(3)30)21(33-4)11-12-28-23/h6-12,17,20,22,24H,5,13-16H2,1-4H3,(H,29,31). The fourth-order valence-corrected chi connectivity index (χ4v) is 3.76. The predicted octanol–water partition coefficient (Wildman–Crippen LogP) is 2.29. The van der Waals surface area contributed by atoms with Gasteiger partial charge in [0.1, 0.15) is 18.0 Å². The number of hydrogen-bond donors (Lipinski definition) is 1. The van der Waals surface area contributed by atoms with E-state index < -0.39 is 49.0 Å². The second-order valence-electron chi connectivity index (χ2n) is 8.60. The SMILES string of the molecule is CCCOC1C(C)OC(=O)C(NC(=O)c2nccc(OC)c2OCOC(C)=O)COCC1Oc1ccccc1. The lowest BCUT2D eigenvalue weighted by Crippen LogP contribution is -2.47. The van der Waals surface area contributed by atoms with Crippen molar-refractivity contribution in [1.82, 2.24) is 10.3 Å². The molecule has 0 radical (unpaired) electrons. The van der Waals surface area contributed by atoms with Crippen LogP contribution in [0.3, 0.4) is 0 Å². The molecule has 2 aromatic rings. The van der Waals surface area contributed by atoms with Gasteiger partial charge in [-0.1, -0.05) is 25.1 Å². The number of carbonyl (C=O) groups is 3. The molecule has 0 spiro atoms. The minimum atomic E-state index is -1.17. The molecule has 1 saturated heterocycles. The molecule has 3 rings (SSSR count). The van der Waals surface area contributed by atoms with Crippen LogP contribution in [-0.2, 0) is 28.5 Å². The molecule has 0 bridgehead atoms. The third kappa shape index (κ3) is 8.55. The molecule has 39 heavy (non-hydrogen) atoms. The van der Waals surface area contributed by atoms with Gasteiger partial charge in [-0.3, -0.25) is 9.59 Å². The molecule has 212 valence electrons. The van der Waals surface area contributed by atoms with Crippen LogP contribution in [0.1, 0.15) is 37.7 Å². The topological polar surface area (TPSA) is 141 Å². The largest absolute Gasteiger partial charge is 0.493 e. The normalized spacial score (nSPS) is 21.4. The number of esters is 2. The van der Waals surface area contributed by atoms with Crippen molar-refractivity contribution in [3.63, 3.8) is 0 Å². The summed E-state index contributed by atoms with van der Waals surface area (Å²) in [4.78, 5) is 41.5. The lowest BCUT2D eigenvalue weighted by Gasteiger charge is -2.30. The zero-order valence-electron chi connectivity index (χ0n) is 22.4. The van der Waals surface area contributed by atoms with E-state index in [1.54, 1.807) is 6.92 Å². The van der Waals surface area contributed by atoms with Gasteiger partial charge in [0.15, 0.2) is 29.3 Å². The summed E-state index contributed by atoms with van der Waals surface area (Å²) in [7, 11) is 1.38. The second-order valence-corrected chi connectivity index (χ2v) is 8.60. The van der Waals surface area contributed by atoms with E-state index in [-0.39, 0.29) is 30.4 Å². The van der Waals surface area contributed by atoms with Gasteiger partial charge in [-0.25, -0.2) is 9.78 Å². The zero-order valence-corrected chi connectivity index (χ0v) is 22.4. The first-order valence-electron chi connectivity index (χ1n) is 12.6. The quantitative estimate of drug-likeness (QED) is 0.328. The van der Waals surface area contributed by atoms with Crippen LogP contribution >= 0.6 is 0 Å². The average Bonchev–Trinajstić information content (AvgIpc) is 2.96. The van der Waals surface area contributed by atoms with Crippen molar-refractivity contribution >= 4 is 17.8 Å². The van der Waals surface area contributed by atoms with Crippen LogP contribution in [0.5, 0.6) is 17.2 Å². The lowest BCUT2D eigenvalue weighted by atomic mass is 10.1. The molecule has 2 heterocycles. The number of carbonyl (C=O) groups excluding carboxylic acids is 3. The summed E-state index contributed by atoms with van der Waals surface area (Å²) in [6, 6.07) is 9.49. The van der Waals surface area contributed by atoms with Gasteiger partial charge in [-0.05, 0) is 25.5 Å². The first-order valence-corrected chi connectivity index (χ1v) is 12.6. The Labute approximate surface area is 226 Å². The monoisotopic (exact) mass is 546 g/mol. The van der Waals surface area contributed by atoms with E-state index in [9.17, 15) is 14.4 Å². The van der Waals surface area contributed by atoms with Gasteiger partial charge in [-0.15, -0.1) is 0 Å². The van der Waals surface area contributed by atoms with Crippen molar-refractivity contribution in [3.05, 3.63) is 48.3 Å². The Morgan fingerprint density at radius 1 is 1.15 bits per heavy atom. The highest BCUT2D eigenvalue weighted by atomic mass is 16.7. The maximum Gasteiger partial charge on any atom is 0.331 e. The van der Waals surface area contributed by atoms with E-state index in [0.717, 1.165) is 6.42 Å². The van der Waals surface area contributed by atoms with Gasteiger partial charge < -0.3 is 38.5 Å². The molecule has 1 amide bonds. The average molecular weight is 547 g/mol. The molecule has 0 saturated carbocycles. The summed E-state index contributed by atoms with van der Waals surface area (Å²) in [5.74, 6) is -1.30. The maximum atomic E-state index is 13.2. The number of methoxy groups -OCH3 is 1. The number of amides is 1. The van der Waals surface area contributed by atoms with E-state index in [0.29, 0.717) is 12.4 Å². The Balaban J connectivity index is 1.77. The molecule has 12 heteroatoms. The molecule has 1 aliphatic rings. The van der Waals surface area contributed by atoms with E-state index in [1.165, 1.54) is 26.3 Å². The Kier molecular flexibility index (Phi) is 11.3. The third-order valence-electron chi connectivity index (χ3n) is 5.60. The van der Waals surface area contributed by atoms with Crippen LogP contribution in [0.4, 0.5) is 0 Å². The number of pyridine rings is 1. The maximum absolute atomic E-state index is 13.2. The van der Waals surface area contributed by atoms with Crippen LogP contribution in [0, 0.1) is 0 Å². The van der Waals surface area contributed by atoms with Crippen LogP contribution in [0.2, 0.25) is 0 Å². The Morgan fingerprint density at radius 2 is 1.92 bits per heavy atom. The molecular formula is C27H34N2O10. The number of para-hydroxylation sites is 1. The van der Waals surface area contributed by atoms with Crippen molar-refractivity contribution in [3.8, 4) is 17.2 Å². The number of nitrogens with one attached hydrogen (secondary N) is 1. The lowest BCUT2D eigenvalue weighted by molar-refractivity contribution is -0.162. The summed E-state index contributed by atoms with van der Waals surface area (Å²) in [6.45, 7) is 4.73. The first kappa shape index (κ1) is 29.7. The van der Waals surface area contributed by atoms with E-state index in [4.69, 9.17) is 33.2 Å². The number of cyclic esters (lactones) is 1. The van der Waals surface area contributed by atoms with Crippen molar-refractivity contribution < 1.29 is 47.5 Å². The van der Waals surface area contributed by atoms with Gasteiger partial charge in [-0.2, -0.15) is 0 Å². The number of aromatic nitrogens is 1. The van der Waals surface area contributed by atoms with E-state index >= 15 is 0 Å². The van der Waals surface area contributed by atoms with E-state index in [2.05, 4.69) is 10.3 Å². The van der Waals surface area contributed by atoms with Crippen LogP contribution in [-0.4, -0.2) is 80.9 Å². The van der Waals surface area contributed by atoms with Crippen LogP contribution in [0.25, 0.3) is 0 Å². The number of ether oxygens (including phenoxy) is 7. The molecule has 4 atom stereocenters. The van der Waals surface area contributed by atoms with Gasteiger partial charge in [0, 0.05) is 25.8 Å². The minimum Gasteiger partial charge on any atom is -0.493 e. The minimum absolute atomic E-state index is 0.0613. The summed E-state index contributed by atoms with van der Waals surface area (Å²) in [6.07, 6.45) is 0.177. The molecule has 1 fully saturated rings. The van der Waals surface area contributed by atoms with Crippen molar-refractivity contribution in [2.75, 3.05) is 33.7 Å². The highest BCUT2D eigenvalue weighted by Crippen LogP contribution is 2.29. The molecule has 4 unspecified atom stereocenters. The second kappa shape index (κ2) is 14.9. The Bertz CT molecular complexity index is 1100.